The quantitative estimate of drug-likeness (QED) is 0.421. The summed E-state index contributed by atoms with van der Waals surface area (Å²) in [6.07, 6.45) is 0. The number of nitrogens with one attached hydrogen (secondary N) is 1. The van der Waals surface area contributed by atoms with Gasteiger partial charge >= 0.3 is 12.0 Å². The SMILES string of the molecule is C/C(=N\NC1=[N+](Cc2ccc(Cl)cc2)C2C(=O)N(C)C(=O)N(C)C2=N1)c1ccccc1O. The van der Waals surface area contributed by atoms with Crippen molar-refractivity contribution in [1.29, 1.82) is 0 Å². The Hall–Kier alpha value is -3.72. The van der Waals surface area contributed by atoms with Gasteiger partial charge in [-0.15, -0.1) is 5.10 Å². The number of imide groups is 1. The van der Waals surface area contributed by atoms with Crippen LogP contribution in [0, 0.1) is 0 Å². The number of hydrogen-bond donors (Lipinski definition) is 2. The van der Waals surface area contributed by atoms with E-state index in [-0.39, 0.29) is 11.7 Å². The highest BCUT2D eigenvalue weighted by atomic mass is 35.5. The Morgan fingerprint density at radius 3 is 2.53 bits per heavy atom. The number of fused-ring (bicyclic) bond motifs is 1. The van der Waals surface area contributed by atoms with Gasteiger partial charge in [0.15, 0.2) is 0 Å². The van der Waals surface area contributed by atoms with Crippen molar-refractivity contribution >= 4 is 41.0 Å². The fraction of sp³-hybridized carbons (Fsp3) is 0.227. The molecule has 3 amide bonds. The first-order valence-corrected chi connectivity index (χ1v) is 10.3. The number of guanidine groups is 1. The second kappa shape index (κ2) is 8.43. The van der Waals surface area contributed by atoms with Gasteiger partial charge in [-0.2, -0.15) is 5.43 Å². The molecule has 2 aromatic rings. The van der Waals surface area contributed by atoms with Crippen LogP contribution in [0.3, 0.4) is 0 Å². The number of carbonyl (C=O) groups excluding carboxylic acids is 2. The number of hydrogen-bond acceptors (Lipinski definition) is 6. The Labute approximate surface area is 189 Å². The van der Waals surface area contributed by atoms with Crippen molar-refractivity contribution in [3.63, 3.8) is 0 Å². The van der Waals surface area contributed by atoms with Gasteiger partial charge in [-0.05, 0) is 36.8 Å². The van der Waals surface area contributed by atoms with E-state index >= 15 is 0 Å². The molecule has 9 nitrogen and oxygen atoms in total. The molecular weight excluding hydrogens is 432 g/mol. The Morgan fingerprint density at radius 1 is 1.16 bits per heavy atom. The number of aromatic hydroxyl groups is 1. The highest BCUT2D eigenvalue weighted by Crippen LogP contribution is 2.21. The van der Waals surface area contributed by atoms with Crippen molar-refractivity contribution in [2.45, 2.75) is 19.5 Å². The molecule has 2 aliphatic heterocycles. The number of hydrazone groups is 1. The highest BCUT2D eigenvalue weighted by Gasteiger charge is 2.51. The highest BCUT2D eigenvalue weighted by molar-refractivity contribution is 6.30. The predicted molar refractivity (Wildman–Crippen MR) is 121 cm³/mol. The van der Waals surface area contributed by atoms with Crippen LogP contribution in [-0.2, 0) is 11.3 Å². The Morgan fingerprint density at radius 2 is 1.84 bits per heavy atom. The summed E-state index contributed by atoms with van der Waals surface area (Å²) in [5.74, 6) is 0.370. The fourth-order valence-electron chi connectivity index (χ4n) is 3.61. The number of aliphatic imine (C=N–C) groups is 1. The third kappa shape index (κ3) is 3.82. The summed E-state index contributed by atoms with van der Waals surface area (Å²) in [4.78, 5) is 32.4. The number of phenolic OH excluding ortho intramolecular Hbond substituents is 1. The fourth-order valence-corrected chi connectivity index (χ4v) is 3.74. The molecule has 10 heteroatoms. The second-order valence-electron chi connectivity index (χ2n) is 7.52. The van der Waals surface area contributed by atoms with Gasteiger partial charge < -0.3 is 5.11 Å². The van der Waals surface area contributed by atoms with Gasteiger partial charge in [-0.25, -0.2) is 9.37 Å². The van der Waals surface area contributed by atoms with Crippen LogP contribution >= 0.6 is 11.6 Å². The lowest BCUT2D eigenvalue weighted by Crippen LogP contribution is -2.61. The van der Waals surface area contributed by atoms with Gasteiger partial charge in [0.2, 0.25) is 11.9 Å². The average Bonchev–Trinajstić information content (AvgIpc) is 3.14. The van der Waals surface area contributed by atoms with Gasteiger partial charge in [-0.3, -0.25) is 14.6 Å². The largest absolute Gasteiger partial charge is 0.507 e. The summed E-state index contributed by atoms with van der Waals surface area (Å²) in [5.41, 5.74) is 4.92. The van der Waals surface area contributed by atoms with E-state index < -0.39 is 12.1 Å². The predicted octanol–water partition coefficient (Wildman–Crippen LogP) is 2.23. The molecular formula is C22H22ClN6O3+. The average molecular weight is 454 g/mol. The number of halogens is 1. The van der Waals surface area contributed by atoms with E-state index in [1.54, 1.807) is 54.9 Å². The molecule has 2 N–H and O–H groups in total. The van der Waals surface area contributed by atoms with Crippen molar-refractivity contribution in [2.75, 3.05) is 14.1 Å². The number of rotatable bonds is 4. The lowest BCUT2D eigenvalue weighted by Gasteiger charge is -2.31. The van der Waals surface area contributed by atoms with E-state index in [1.807, 2.05) is 12.1 Å². The molecule has 0 aliphatic carbocycles. The smallest absolute Gasteiger partial charge is 0.414 e. The normalized spacial score (nSPS) is 18.8. The maximum absolute atomic E-state index is 13.0. The number of phenols is 1. The minimum absolute atomic E-state index is 0.104. The number of urea groups is 1. The van der Waals surface area contributed by atoms with Gasteiger partial charge in [0.05, 0.1) is 12.3 Å². The molecule has 2 aromatic carbocycles. The standard InChI is InChI=1S/C22H21ClN6O3/c1-13(16-6-4-5-7-17(16)30)25-26-21-24-19-18(20(31)28(3)22(32)27(19)2)29(21)12-14-8-10-15(23)11-9-14/h4-11,18H,12H2,1-3H3,(H,25,30)/p+1. The lowest BCUT2D eigenvalue weighted by atomic mass is 10.1. The summed E-state index contributed by atoms with van der Waals surface area (Å²) >= 11 is 6.00. The molecule has 32 heavy (non-hydrogen) atoms. The van der Waals surface area contributed by atoms with Crippen molar-refractivity contribution in [2.24, 2.45) is 10.1 Å². The molecule has 1 atom stereocenters. The van der Waals surface area contributed by atoms with Gasteiger partial charge in [-0.1, -0.05) is 40.9 Å². The van der Waals surface area contributed by atoms with E-state index in [9.17, 15) is 14.7 Å². The Bertz CT molecular complexity index is 1190. The molecule has 2 heterocycles. The van der Waals surface area contributed by atoms with Crippen LogP contribution in [-0.4, -0.2) is 69.1 Å². The first-order valence-electron chi connectivity index (χ1n) is 9.88. The molecule has 4 rings (SSSR count). The van der Waals surface area contributed by atoms with Crippen LogP contribution in [0.1, 0.15) is 18.1 Å². The van der Waals surface area contributed by atoms with Gasteiger partial charge in [0.25, 0.3) is 5.91 Å². The van der Waals surface area contributed by atoms with E-state index in [0.717, 1.165) is 10.5 Å². The third-order valence-electron chi connectivity index (χ3n) is 5.41. The molecule has 1 saturated heterocycles. The van der Waals surface area contributed by atoms with Crippen LogP contribution in [0.4, 0.5) is 4.79 Å². The zero-order valence-corrected chi connectivity index (χ0v) is 18.5. The molecule has 164 valence electrons. The van der Waals surface area contributed by atoms with Crippen LogP contribution in [0.25, 0.3) is 0 Å². The Balaban J connectivity index is 1.73. The van der Waals surface area contributed by atoms with Crippen molar-refractivity contribution < 1.29 is 19.3 Å². The second-order valence-corrected chi connectivity index (χ2v) is 7.95. The molecule has 1 fully saturated rings. The molecule has 0 spiro atoms. The number of nitrogens with zero attached hydrogens (tertiary/aromatic N) is 5. The third-order valence-corrected chi connectivity index (χ3v) is 5.67. The summed E-state index contributed by atoms with van der Waals surface area (Å²) in [7, 11) is 3.03. The van der Waals surface area contributed by atoms with Crippen molar-refractivity contribution in [3.8, 4) is 5.75 Å². The minimum Gasteiger partial charge on any atom is -0.507 e. The molecule has 0 aromatic heterocycles. The molecule has 0 bridgehead atoms. The number of benzene rings is 2. The number of amidine groups is 1. The summed E-state index contributed by atoms with van der Waals surface area (Å²) < 4.78 is 1.75. The summed E-state index contributed by atoms with van der Waals surface area (Å²) in [6, 6.07) is 12.9. The van der Waals surface area contributed by atoms with Gasteiger partial charge in [0, 0.05) is 24.7 Å². The monoisotopic (exact) mass is 453 g/mol. The zero-order valence-electron chi connectivity index (χ0n) is 17.8. The van der Waals surface area contributed by atoms with Crippen molar-refractivity contribution in [3.05, 3.63) is 64.7 Å². The first kappa shape index (κ1) is 21.5. The van der Waals surface area contributed by atoms with E-state index in [4.69, 9.17) is 11.6 Å². The van der Waals surface area contributed by atoms with E-state index in [0.29, 0.717) is 34.6 Å². The lowest BCUT2D eigenvalue weighted by molar-refractivity contribution is -0.553. The van der Waals surface area contributed by atoms with Gasteiger partial charge in [0.1, 0.15) is 5.75 Å². The number of para-hydroxylation sites is 1. The molecule has 0 saturated carbocycles. The van der Waals surface area contributed by atoms with E-state index in [2.05, 4.69) is 15.5 Å². The summed E-state index contributed by atoms with van der Waals surface area (Å²) in [6.45, 7) is 2.08. The van der Waals surface area contributed by atoms with Crippen molar-refractivity contribution in [1.82, 2.24) is 15.2 Å². The van der Waals surface area contributed by atoms with Crippen LogP contribution < -0.4 is 5.43 Å². The number of likely N-dealkylation sites (N-methyl/N-ethyl adjacent to an activating group) is 2. The van der Waals surface area contributed by atoms with E-state index in [1.165, 1.54) is 11.9 Å². The van der Waals surface area contributed by atoms with Crippen LogP contribution in [0.2, 0.25) is 5.02 Å². The first-order chi connectivity index (χ1) is 15.3. The minimum atomic E-state index is -0.776. The maximum Gasteiger partial charge on any atom is 0.414 e. The van der Waals surface area contributed by atoms with Crippen LogP contribution in [0.15, 0.2) is 58.6 Å². The maximum atomic E-state index is 13.0. The Kier molecular flexibility index (Phi) is 5.67. The number of carbonyl (C=O) groups is 2. The molecule has 0 radical (unpaired) electrons. The summed E-state index contributed by atoms with van der Waals surface area (Å²) in [5, 5.41) is 15.0. The zero-order chi connectivity index (χ0) is 23.0. The van der Waals surface area contributed by atoms with Crippen LogP contribution in [0.5, 0.6) is 5.75 Å². The molecule has 1 unspecified atom stereocenters. The molecule has 2 aliphatic rings. The topological polar surface area (TPSA) is 101 Å². The number of amides is 3.